The van der Waals surface area contributed by atoms with E-state index in [0.717, 1.165) is 0 Å². The fourth-order valence-corrected chi connectivity index (χ4v) is 1.73. The second kappa shape index (κ2) is 4.63. The van der Waals surface area contributed by atoms with Crippen molar-refractivity contribution in [1.82, 2.24) is 14.8 Å². The van der Waals surface area contributed by atoms with Gasteiger partial charge in [0, 0.05) is 13.3 Å². The number of aromatic nitrogens is 3. The predicted octanol–water partition coefficient (Wildman–Crippen LogP) is 1.47. The van der Waals surface area contributed by atoms with Gasteiger partial charge < -0.3 is 4.74 Å². The number of H-pyrrole nitrogens is 1. The van der Waals surface area contributed by atoms with E-state index in [1.54, 1.807) is 25.4 Å². The molecule has 6 heteroatoms. The zero-order valence-electron chi connectivity index (χ0n) is 8.61. The summed E-state index contributed by atoms with van der Waals surface area (Å²) in [6, 6.07) is 5.36. The largest absolute Gasteiger partial charge is 0.378 e. The van der Waals surface area contributed by atoms with Gasteiger partial charge >= 0.3 is 0 Å². The molecule has 0 atom stereocenters. The molecule has 0 aromatic carbocycles. The standard InChI is InChI=1S/C10H10BrN3O2/c1-16-6-7-9(11)10(15)14(13-7)8-4-2-3-5-12-8/h2-5,13H,6H2,1H3. The summed E-state index contributed by atoms with van der Waals surface area (Å²) in [7, 11) is 1.57. The molecule has 0 radical (unpaired) electrons. The Morgan fingerprint density at radius 2 is 2.38 bits per heavy atom. The van der Waals surface area contributed by atoms with Crippen LogP contribution in [-0.4, -0.2) is 21.9 Å². The number of nitrogens with one attached hydrogen (secondary N) is 1. The Labute approximate surface area is 100 Å². The van der Waals surface area contributed by atoms with Gasteiger partial charge in [-0.25, -0.2) is 9.67 Å². The molecule has 2 heterocycles. The van der Waals surface area contributed by atoms with E-state index >= 15 is 0 Å². The summed E-state index contributed by atoms with van der Waals surface area (Å²) < 4.78 is 6.82. The number of nitrogens with zero attached hydrogens (tertiary/aromatic N) is 2. The van der Waals surface area contributed by atoms with Gasteiger partial charge in [0.15, 0.2) is 5.82 Å². The third-order valence-electron chi connectivity index (χ3n) is 2.07. The van der Waals surface area contributed by atoms with E-state index in [1.807, 2.05) is 6.07 Å². The highest BCUT2D eigenvalue weighted by molar-refractivity contribution is 9.10. The minimum absolute atomic E-state index is 0.175. The minimum Gasteiger partial charge on any atom is -0.378 e. The van der Waals surface area contributed by atoms with Gasteiger partial charge in [-0.2, -0.15) is 0 Å². The first-order chi connectivity index (χ1) is 7.74. The summed E-state index contributed by atoms with van der Waals surface area (Å²) in [5, 5.41) is 2.94. The highest BCUT2D eigenvalue weighted by Crippen LogP contribution is 2.12. The lowest BCUT2D eigenvalue weighted by atomic mass is 10.4. The molecule has 0 aliphatic heterocycles. The van der Waals surface area contributed by atoms with Crippen LogP contribution in [0.3, 0.4) is 0 Å². The molecule has 1 N–H and O–H groups in total. The lowest BCUT2D eigenvalue weighted by Crippen LogP contribution is -2.15. The van der Waals surface area contributed by atoms with Gasteiger partial charge in [-0.05, 0) is 28.1 Å². The van der Waals surface area contributed by atoms with Crippen molar-refractivity contribution in [3.8, 4) is 5.82 Å². The van der Waals surface area contributed by atoms with Crippen molar-refractivity contribution < 1.29 is 4.74 Å². The first-order valence-electron chi connectivity index (χ1n) is 4.63. The van der Waals surface area contributed by atoms with Crippen molar-refractivity contribution in [2.24, 2.45) is 0 Å². The maximum absolute atomic E-state index is 11.9. The van der Waals surface area contributed by atoms with Gasteiger partial charge in [-0.3, -0.25) is 9.89 Å². The number of aromatic amines is 1. The molecule has 2 rings (SSSR count). The van der Waals surface area contributed by atoms with E-state index in [0.29, 0.717) is 22.6 Å². The maximum Gasteiger partial charge on any atom is 0.287 e. The molecule has 84 valence electrons. The number of ether oxygens (including phenoxy) is 1. The molecule has 0 bridgehead atoms. The van der Waals surface area contributed by atoms with Gasteiger partial charge in [0.1, 0.15) is 4.47 Å². The number of pyridine rings is 1. The molecule has 0 amide bonds. The SMILES string of the molecule is COCc1[nH]n(-c2ccccn2)c(=O)c1Br. The topological polar surface area (TPSA) is 59.9 Å². The maximum atomic E-state index is 11.9. The fourth-order valence-electron chi connectivity index (χ4n) is 1.35. The summed E-state index contributed by atoms with van der Waals surface area (Å²) in [6.45, 7) is 0.343. The van der Waals surface area contributed by atoms with Gasteiger partial charge in [0.2, 0.25) is 0 Å². The lowest BCUT2D eigenvalue weighted by Gasteiger charge is -1.99. The summed E-state index contributed by atoms with van der Waals surface area (Å²) in [4.78, 5) is 15.9. The minimum atomic E-state index is -0.175. The van der Waals surface area contributed by atoms with E-state index in [1.165, 1.54) is 4.68 Å². The second-order valence-electron chi connectivity index (χ2n) is 3.17. The Morgan fingerprint density at radius 1 is 1.56 bits per heavy atom. The van der Waals surface area contributed by atoms with Crippen LogP contribution in [0.5, 0.6) is 0 Å². The molecular weight excluding hydrogens is 274 g/mol. The van der Waals surface area contributed by atoms with E-state index in [9.17, 15) is 4.79 Å². The fraction of sp³-hybridized carbons (Fsp3) is 0.200. The van der Waals surface area contributed by atoms with Crippen molar-refractivity contribution >= 4 is 15.9 Å². The number of halogens is 1. The zero-order valence-corrected chi connectivity index (χ0v) is 10.2. The van der Waals surface area contributed by atoms with Crippen molar-refractivity contribution in [1.29, 1.82) is 0 Å². The van der Waals surface area contributed by atoms with Crippen LogP contribution in [-0.2, 0) is 11.3 Å². The van der Waals surface area contributed by atoms with Crippen LogP contribution < -0.4 is 5.56 Å². The molecule has 0 spiro atoms. The molecule has 0 saturated carbocycles. The normalized spacial score (nSPS) is 10.6. The monoisotopic (exact) mass is 283 g/mol. The van der Waals surface area contributed by atoms with Crippen LogP contribution in [0.4, 0.5) is 0 Å². The highest BCUT2D eigenvalue weighted by Gasteiger charge is 2.12. The smallest absolute Gasteiger partial charge is 0.287 e. The van der Waals surface area contributed by atoms with Crippen LogP contribution in [0.2, 0.25) is 0 Å². The Kier molecular flexibility index (Phi) is 3.21. The summed E-state index contributed by atoms with van der Waals surface area (Å²) in [6.07, 6.45) is 1.63. The van der Waals surface area contributed by atoms with Crippen molar-refractivity contribution in [2.45, 2.75) is 6.61 Å². The average molecular weight is 284 g/mol. The molecule has 5 nitrogen and oxygen atoms in total. The molecule has 2 aromatic rings. The summed E-state index contributed by atoms with van der Waals surface area (Å²) in [5.74, 6) is 0.551. The van der Waals surface area contributed by atoms with Gasteiger partial charge in [-0.1, -0.05) is 6.07 Å². The molecule has 16 heavy (non-hydrogen) atoms. The van der Waals surface area contributed by atoms with Gasteiger partial charge in [-0.15, -0.1) is 0 Å². The first kappa shape index (κ1) is 11.1. The van der Waals surface area contributed by atoms with Crippen molar-refractivity contribution in [3.63, 3.8) is 0 Å². The first-order valence-corrected chi connectivity index (χ1v) is 5.43. The van der Waals surface area contributed by atoms with Crippen LogP contribution in [0.15, 0.2) is 33.7 Å². The molecular formula is C10H10BrN3O2. The summed E-state index contributed by atoms with van der Waals surface area (Å²) in [5.41, 5.74) is 0.518. The third kappa shape index (κ3) is 1.94. The van der Waals surface area contributed by atoms with E-state index < -0.39 is 0 Å². The van der Waals surface area contributed by atoms with Gasteiger partial charge in [0.05, 0.1) is 12.3 Å². The Hall–Kier alpha value is -1.40. The van der Waals surface area contributed by atoms with Gasteiger partial charge in [0.25, 0.3) is 5.56 Å². The molecule has 0 fully saturated rings. The van der Waals surface area contributed by atoms with E-state index in [-0.39, 0.29) is 5.56 Å². The van der Waals surface area contributed by atoms with Crippen molar-refractivity contribution in [2.75, 3.05) is 7.11 Å². The Bertz CT molecular complexity index is 533. The summed E-state index contributed by atoms with van der Waals surface area (Å²) >= 11 is 3.23. The molecule has 0 saturated heterocycles. The molecule has 0 aliphatic rings. The predicted molar refractivity (Wildman–Crippen MR) is 62.6 cm³/mol. The van der Waals surface area contributed by atoms with Crippen LogP contribution >= 0.6 is 15.9 Å². The molecule has 0 unspecified atom stereocenters. The zero-order chi connectivity index (χ0) is 11.5. The third-order valence-corrected chi connectivity index (χ3v) is 2.89. The number of hydrogen-bond donors (Lipinski definition) is 1. The Balaban J connectivity index is 2.51. The van der Waals surface area contributed by atoms with E-state index in [2.05, 4.69) is 26.0 Å². The molecule has 0 aliphatic carbocycles. The second-order valence-corrected chi connectivity index (χ2v) is 3.96. The highest BCUT2D eigenvalue weighted by atomic mass is 79.9. The average Bonchev–Trinajstić information content (AvgIpc) is 2.59. The van der Waals surface area contributed by atoms with Crippen LogP contribution in [0.25, 0.3) is 5.82 Å². The van der Waals surface area contributed by atoms with Crippen LogP contribution in [0.1, 0.15) is 5.69 Å². The van der Waals surface area contributed by atoms with E-state index in [4.69, 9.17) is 4.74 Å². The number of hydrogen-bond acceptors (Lipinski definition) is 3. The Morgan fingerprint density at radius 3 is 3.00 bits per heavy atom. The number of rotatable bonds is 3. The quantitative estimate of drug-likeness (QED) is 0.928. The van der Waals surface area contributed by atoms with Crippen LogP contribution in [0, 0.1) is 0 Å². The lowest BCUT2D eigenvalue weighted by molar-refractivity contribution is 0.180. The number of methoxy groups -OCH3 is 1. The molecule has 2 aromatic heterocycles. The van der Waals surface area contributed by atoms with Crippen molar-refractivity contribution in [3.05, 3.63) is 44.9 Å².